The summed E-state index contributed by atoms with van der Waals surface area (Å²) in [6.07, 6.45) is 0. The number of hydrogen-bond acceptors (Lipinski definition) is 8. The first-order chi connectivity index (χ1) is 16.0. The summed E-state index contributed by atoms with van der Waals surface area (Å²) < 4.78 is 16.1. The molecular formula is C24H25N3O5S. The number of rotatable bonds is 7. The van der Waals surface area contributed by atoms with E-state index in [4.69, 9.17) is 14.2 Å². The minimum absolute atomic E-state index is 0.260. The van der Waals surface area contributed by atoms with Gasteiger partial charge in [0, 0.05) is 24.2 Å². The first kappa shape index (κ1) is 22.8. The van der Waals surface area contributed by atoms with Gasteiger partial charge >= 0.3 is 5.97 Å². The molecule has 3 aromatic rings. The molecular weight excluding hydrogens is 442 g/mol. The third kappa shape index (κ3) is 5.68. The fourth-order valence-electron chi connectivity index (χ4n) is 3.39. The molecule has 2 aromatic carbocycles. The minimum atomic E-state index is -0.522. The Hall–Kier alpha value is -3.43. The number of carbonyl (C=O) groups is 2. The molecule has 1 saturated heterocycles. The molecule has 0 bridgehead atoms. The van der Waals surface area contributed by atoms with Crippen molar-refractivity contribution in [2.45, 2.75) is 13.5 Å². The lowest BCUT2D eigenvalue weighted by molar-refractivity contribution is 0.0602. The number of morpholine rings is 1. The molecule has 172 valence electrons. The van der Waals surface area contributed by atoms with E-state index < -0.39 is 11.9 Å². The molecule has 1 aromatic heterocycles. The van der Waals surface area contributed by atoms with Crippen LogP contribution in [0.25, 0.3) is 0 Å². The van der Waals surface area contributed by atoms with Crippen LogP contribution in [0.4, 0.5) is 11.4 Å². The molecule has 1 aliphatic rings. The SMILES string of the molecule is COC(=O)c1cc(N2CCOCC2)ccc1NC(=O)c1csc(COc2ccc(C)cc2)n1. The number of hydrogen-bond donors (Lipinski definition) is 1. The number of nitrogens with one attached hydrogen (secondary N) is 1. The van der Waals surface area contributed by atoms with E-state index in [1.165, 1.54) is 18.4 Å². The number of carbonyl (C=O) groups excluding carboxylic acids is 2. The van der Waals surface area contributed by atoms with Gasteiger partial charge in [0.05, 0.1) is 31.6 Å². The maximum absolute atomic E-state index is 12.8. The van der Waals surface area contributed by atoms with Crippen molar-refractivity contribution in [2.75, 3.05) is 43.6 Å². The van der Waals surface area contributed by atoms with Crippen molar-refractivity contribution in [1.29, 1.82) is 0 Å². The molecule has 33 heavy (non-hydrogen) atoms. The zero-order valence-corrected chi connectivity index (χ0v) is 19.3. The smallest absolute Gasteiger partial charge is 0.340 e. The highest BCUT2D eigenvalue weighted by atomic mass is 32.1. The van der Waals surface area contributed by atoms with E-state index in [0.29, 0.717) is 23.9 Å². The first-order valence-corrected chi connectivity index (χ1v) is 11.4. The first-order valence-electron chi connectivity index (χ1n) is 10.5. The zero-order chi connectivity index (χ0) is 23.2. The molecule has 9 heteroatoms. The van der Waals surface area contributed by atoms with E-state index in [9.17, 15) is 9.59 Å². The Morgan fingerprint density at radius 3 is 2.64 bits per heavy atom. The van der Waals surface area contributed by atoms with Gasteiger partial charge in [0.25, 0.3) is 5.91 Å². The summed E-state index contributed by atoms with van der Waals surface area (Å²) >= 11 is 1.34. The number of aryl methyl sites for hydroxylation is 1. The summed E-state index contributed by atoms with van der Waals surface area (Å²) in [5, 5.41) is 5.13. The van der Waals surface area contributed by atoms with Crippen molar-refractivity contribution in [2.24, 2.45) is 0 Å². The zero-order valence-electron chi connectivity index (χ0n) is 18.5. The standard InChI is InChI=1S/C24H25N3O5S/c1-16-3-6-18(7-4-16)32-14-22-25-21(15-33-22)23(28)26-20-8-5-17(13-19(20)24(29)30-2)27-9-11-31-12-10-27/h3-8,13,15H,9-12,14H2,1-2H3,(H,26,28). The highest BCUT2D eigenvalue weighted by molar-refractivity contribution is 7.09. The molecule has 0 atom stereocenters. The molecule has 1 aliphatic heterocycles. The Morgan fingerprint density at radius 2 is 1.91 bits per heavy atom. The van der Waals surface area contributed by atoms with E-state index in [1.54, 1.807) is 17.5 Å². The van der Waals surface area contributed by atoms with Crippen LogP contribution in [0.15, 0.2) is 47.8 Å². The maximum atomic E-state index is 12.8. The van der Waals surface area contributed by atoms with Gasteiger partial charge < -0.3 is 24.4 Å². The van der Waals surface area contributed by atoms with Gasteiger partial charge in [-0.15, -0.1) is 11.3 Å². The summed E-state index contributed by atoms with van der Waals surface area (Å²) in [6, 6.07) is 13.0. The Balaban J connectivity index is 1.45. The van der Waals surface area contributed by atoms with Crippen molar-refractivity contribution < 1.29 is 23.8 Å². The van der Waals surface area contributed by atoms with Crippen molar-refractivity contribution in [3.05, 3.63) is 69.7 Å². The second kappa shape index (κ2) is 10.5. The summed E-state index contributed by atoms with van der Waals surface area (Å²) in [7, 11) is 1.32. The monoisotopic (exact) mass is 467 g/mol. The molecule has 1 amide bonds. The van der Waals surface area contributed by atoms with Crippen molar-refractivity contribution >= 4 is 34.6 Å². The van der Waals surface area contributed by atoms with Crippen molar-refractivity contribution in [3.63, 3.8) is 0 Å². The van der Waals surface area contributed by atoms with Crippen molar-refractivity contribution in [3.8, 4) is 5.75 Å². The number of methoxy groups -OCH3 is 1. The molecule has 2 heterocycles. The number of ether oxygens (including phenoxy) is 3. The lowest BCUT2D eigenvalue weighted by atomic mass is 10.1. The highest BCUT2D eigenvalue weighted by Crippen LogP contribution is 2.26. The predicted molar refractivity (Wildman–Crippen MR) is 126 cm³/mol. The number of esters is 1. The topological polar surface area (TPSA) is 90.0 Å². The van der Waals surface area contributed by atoms with Crippen LogP contribution in [0.5, 0.6) is 5.75 Å². The lowest BCUT2D eigenvalue weighted by Gasteiger charge is -2.29. The van der Waals surface area contributed by atoms with Gasteiger partial charge in [0.2, 0.25) is 0 Å². The fourth-order valence-corrected chi connectivity index (χ4v) is 4.07. The minimum Gasteiger partial charge on any atom is -0.486 e. The quantitative estimate of drug-likeness (QED) is 0.527. The van der Waals surface area contributed by atoms with Crippen LogP contribution in [0.2, 0.25) is 0 Å². The molecule has 4 rings (SSSR count). The maximum Gasteiger partial charge on any atom is 0.340 e. The Kier molecular flexibility index (Phi) is 7.21. The Labute approximate surface area is 196 Å². The normalized spacial score (nSPS) is 13.5. The number of amides is 1. The lowest BCUT2D eigenvalue weighted by Crippen LogP contribution is -2.36. The average Bonchev–Trinajstić information content (AvgIpc) is 3.33. The van der Waals surface area contributed by atoms with Gasteiger partial charge in [-0.1, -0.05) is 17.7 Å². The van der Waals surface area contributed by atoms with E-state index in [1.807, 2.05) is 37.3 Å². The highest BCUT2D eigenvalue weighted by Gasteiger charge is 2.20. The molecule has 0 radical (unpaired) electrons. The summed E-state index contributed by atoms with van der Waals surface area (Å²) in [6.45, 7) is 5.01. The second-order valence-corrected chi connectivity index (χ2v) is 8.45. The molecule has 1 fully saturated rings. The van der Waals surface area contributed by atoms with E-state index in [2.05, 4.69) is 15.2 Å². The van der Waals surface area contributed by atoms with Gasteiger partial charge in [-0.2, -0.15) is 0 Å². The van der Waals surface area contributed by atoms with Crippen LogP contribution in [-0.2, 0) is 16.1 Å². The molecule has 8 nitrogen and oxygen atoms in total. The van der Waals surface area contributed by atoms with Crippen LogP contribution < -0.4 is 15.0 Å². The summed E-state index contributed by atoms with van der Waals surface area (Å²) in [5.41, 5.74) is 2.94. The van der Waals surface area contributed by atoms with Gasteiger partial charge in [0.15, 0.2) is 0 Å². The van der Waals surface area contributed by atoms with Crippen LogP contribution >= 0.6 is 11.3 Å². The van der Waals surface area contributed by atoms with Gasteiger partial charge in [-0.05, 0) is 37.3 Å². The van der Waals surface area contributed by atoms with Gasteiger partial charge in [0.1, 0.15) is 23.1 Å². The third-order valence-corrected chi connectivity index (χ3v) is 6.02. The predicted octanol–water partition coefficient (Wildman–Crippen LogP) is 3.91. The van der Waals surface area contributed by atoms with Gasteiger partial charge in [-0.3, -0.25) is 4.79 Å². The largest absolute Gasteiger partial charge is 0.486 e. The fraction of sp³-hybridized carbons (Fsp3) is 0.292. The number of aromatic nitrogens is 1. The average molecular weight is 468 g/mol. The summed E-state index contributed by atoms with van der Waals surface area (Å²) in [5.74, 6) is -0.187. The number of thiazole rings is 1. The van der Waals surface area contributed by atoms with E-state index >= 15 is 0 Å². The molecule has 0 unspecified atom stereocenters. The van der Waals surface area contributed by atoms with Gasteiger partial charge in [-0.25, -0.2) is 9.78 Å². The Morgan fingerprint density at radius 1 is 1.15 bits per heavy atom. The number of nitrogens with zero attached hydrogens (tertiary/aromatic N) is 2. The number of anilines is 2. The van der Waals surface area contributed by atoms with Crippen LogP contribution in [0, 0.1) is 6.92 Å². The Bertz CT molecular complexity index is 1120. The molecule has 0 aliphatic carbocycles. The molecule has 1 N–H and O–H groups in total. The van der Waals surface area contributed by atoms with E-state index in [0.717, 1.165) is 30.1 Å². The summed E-state index contributed by atoms with van der Waals surface area (Å²) in [4.78, 5) is 31.7. The number of benzene rings is 2. The molecule has 0 saturated carbocycles. The van der Waals surface area contributed by atoms with Crippen molar-refractivity contribution in [1.82, 2.24) is 4.98 Å². The van der Waals surface area contributed by atoms with Crippen LogP contribution in [0.3, 0.4) is 0 Å². The van der Waals surface area contributed by atoms with Crippen LogP contribution in [0.1, 0.15) is 31.4 Å². The molecule has 0 spiro atoms. The second-order valence-electron chi connectivity index (χ2n) is 7.50. The van der Waals surface area contributed by atoms with Crippen LogP contribution in [-0.4, -0.2) is 50.3 Å². The third-order valence-electron chi connectivity index (χ3n) is 5.20. The van der Waals surface area contributed by atoms with E-state index in [-0.39, 0.29) is 17.9 Å².